The molecule has 0 aliphatic heterocycles. The van der Waals surface area contributed by atoms with E-state index in [0.717, 1.165) is 11.4 Å². The summed E-state index contributed by atoms with van der Waals surface area (Å²) >= 11 is 0. The highest BCUT2D eigenvalue weighted by Crippen LogP contribution is 2.38. The summed E-state index contributed by atoms with van der Waals surface area (Å²) in [5.41, 5.74) is 1.95. The van der Waals surface area contributed by atoms with Crippen LogP contribution in [0, 0.1) is 0 Å². The van der Waals surface area contributed by atoms with Crippen molar-refractivity contribution in [1.29, 1.82) is 0 Å². The highest BCUT2D eigenvalue weighted by atomic mass is 16.1. The maximum atomic E-state index is 12.6. The molecule has 0 spiro atoms. The number of fused-ring (bicyclic) bond motifs is 1. The molecule has 30 heavy (non-hydrogen) atoms. The number of anilines is 1. The lowest BCUT2D eigenvalue weighted by Gasteiger charge is -2.09. The Bertz CT molecular complexity index is 1300. The van der Waals surface area contributed by atoms with E-state index in [1.54, 1.807) is 19.2 Å². The van der Waals surface area contributed by atoms with Gasteiger partial charge in [0.15, 0.2) is 5.82 Å². The summed E-state index contributed by atoms with van der Waals surface area (Å²) in [4.78, 5) is 29.4. The molecule has 5 rings (SSSR count). The molecule has 2 aromatic heterocycles. The number of carbonyl (C=O) groups excluding carboxylic acids is 1. The van der Waals surface area contributed by atoms with Crippen molar-refractivity contribution in [3.8, 4) is 11.4 Å². The Labute approximate surface area is 172 Å². The predicted octanol–water partition coefficient (Wildman–Crippen LogP) is 2.78. The van der Waals surface area contributed by atoms with E-state index in [1.807, 2.05) is 36.4 Å². The van der Waals surface area contributed by atoms with Crippen LogP contribution in [0.5, 0.6) is 0 Å². The number of rotatable bonds is 5. The standard InChI is InChI=1S/C22H20N6O2/c1-28-22(30)17-5-3-2-4-16(17)18(27-28)12-19(29)23-15-10-8-14(9-11-15)21-24-20(25-26-21)13-6-7-13/h2-5,8-11,13H,6-7,12H2,1H3,(H,23,29)(H,24,25,26). The highest BCUT2D eigenvalue weighted by molar-refractivity contribution is 5.95. The second kappa shape index (κ2) is 7.22. The first-order valence-corrected chi connectivity index (χ1v) is 9.86. The number of aryl methyl sites for hydroxylation is 1. The van der Waals surface area contributed by atoms with E-state index < -0.39 is 0 Å². The van der Waals surface area contributed by atoms with Gasteiger partial charge < -0.3 is 5.32 Å². The monoisotopic (exact) mass is 400 g/mol. The average Bonchev–Trinajstić information content (AvgIpc) is 3.49. The first kappa shape index (κ1) is 18.2. The lowest BCUT2D eigenvalue weighted by Crippen LogP contribution is -2.24. The summed E-state index contributed by atoms with van der Waals surface area (Å²) in [6, 6.07) is 14.6. The minimum absolute atomic E-state index is 0.0715. The van der Waals surface area contributed by atoms with E-state index in [0.29, 0.717) is 33.9 Å². The summed E-state index contributed by atoms with van der Waals surface area (Å²) in [6.07, 6.45) is 2.40. The third kappa shape index (κ3) is 3.47. The van der Waals surface area contributed by atoms with Crippen molar-refractivity contribution in [2.45, 2.75) is 25.2 Å². The van der Waals surface area contributed by atoms with Crippen molar-refractivity contribution in [2.75, 3.05) is 5.32 Å². The summed E-state index contributed by atoms with van der Waals surface area (Å²) in [5, 5.41) is 15.7. The van der Waals surface area contributed by atoms with Gasteiger partial charge in [0.2, 0.25) is 5.91 Å². The number of aromatic amines is 1. The molecule has 8 nitrogen and oxygen atoms in total. The fourth-order valence-corrected chi connectivity index (χ4v) is 3.51. The average molecular weight is 400 g/mol. The lowest BCUT2D eigenvalue weighted by atomic mass is 10.1. The minimum atomic E-state index is -0.201. The van der Waals surface area contributed by atoms with Gasteiger partial charge in [0.1, 0.15) is 5.82 Å². The van der Waals surface area contributed by atoms with E-state index in [9.17, 15) is 9.59 Å². The number of H-pyrrole nitrogens is 1. The molecule has 1 amide bonds. The molecule has 4 aromatic rings. The van der Waals surface area contributed by atoms with Gasteiger partial charge in [0.25, 0.3) is 5.56 Å². The molecular weight excluding hydrogens is 380 g/mol. The molecular formula is C22H20N6O2. The Morgan fingerprint density at radius 1 is 1.13 bits per heavy atom. The minimum Gasteiger partial charge on any atom is -0.326 e. The second-order valence-corrected chi connectivity index (χ2v) is 7.54. The number of aromatic nitrogens is 5. The first-order valence-electron chi connectivity index (χ1n) is 9.86. The zero-order chi connectivity index (χ0) is 20.7. The van der Waals surface area contributed by atoms with Crippen molar-refractivity contribution in [2.24, 2.45) is 7.05 Å². The van der Waals surface area contributed by atoms with Crippen LogP contribution in [-0.4, -0.2) is 30.9 Å². The Hall–Kier alpha value is -3.81. The van der Waals surface area contributed by atoms with Gasteiger partial charge in [-0.1, -0.05) is 18.2 Å². The van der Waals surface area contributed by atoms with Crippen LogP contribution >= 0.6 is 0 Å². The van der Waals surface area contributed by atoms with Crippen LogP contribution < -0.4 is 10.9 Å². The van der Waals surface area contributed by atoms with Crippen molar-refractivity contribution >= 4 is 22.4 Å². The normalized spacial score (nSPS) is 13.5. The molecule has 150 valence electrons. The fraction of sp³-hybridized carbons (Fsp3) is 0.227. The van der Waals surface area contributed by atoms with Crippen molar-refractivity contribution in [3.05, 3.63) is 70.4 Å². The molecule has 0 bridgehead atoms. The number of hydrogen-bond donors (Lipinski definition) is 2. The SMILES string of the molecule is Cn1nc(CC(=O)Nc2ccc(-c3n[nH]c(C4CC4)n3)cc2)c2ccccc2c1=O. The highest BCUT2D eigenvalue weighted by Gasteiger charge is 2.27. The molecule has 2 heterocycles. The lowest BCUT2D eigenvalue weighted by molar-refractivity contribution is -0.115. The molecule has 0 radical (unpaired) electrons. The molecule has 8 heteroatoms. The summed E-state index contributed by atoms with van der Waals surface area (Å²) in [6.45, 7) is 0. The Morgan fingerprint density at radius 3 is 2.60 bits per heavy atom. The Kier molecular flexibility index (Phi) is 4.39. The van der Waals surface area contributed by atoms with Crippen molar-refractivity contribution < 1.29 is 4.79 Å². The molecule has 1 aliphatic carbocycles. The third-order valence-corrected chi connectivity index (χ3v) is 5.25. The molecule has 1 fully saturated rings. The topological polar surface area (TPSA) is 106 Å². The number of nitrogens with one attached hydrogen (secondary N) is 2. The van der Waals surface area contributed by atoms with Crippen molar-refractivity contribution in [3.63, 3.8) is 0 Å². The zero-order valence-corrected chi connectivity index (χ0v) is 16.4. The van der Waals surface area contributed by atoms with Crippen LogP contribution in [0.25, 0.3) is 22.2 Å². The predicted molar refractivity (Wildman–Crippen MR) is 113 cm³/mol. The van der Waals surface area contributed by atoms with Gasteiger partial charge in [-0.2, -0.15) is 10.2 Å². The van der Waals surface area contributed by atoms with Crippen molar-refractivity contribution in [1.82, 2.24) is 25.0 Å². The molecule has 1 aliphatic rings. The van der Waals surface area contributed by atoms with Gasteiger partial charge in [0, 0.05) is 29.6 Å². The summed E-state index contributed by atoms with van der Waals surface area (Å²) in [7, 11) is 1.59. The van der Waals surface area contributed by atoms with Gasteiger partial charge in [-0.15, -0.1) is 0 Å². The van der Waals surface area contributed by atoms with Crippen LogP contribution in [0.2, 0.25) is 0 Å². The van der Waals surface area contributed by atoms with Crippen LogP contribution in [0.4, 0.5) is 5.69 Å². The summed E-state index contributed by atoms with van der Waals surface area (Å²) in [5.74, 6) is 1.93. The molecule has 0 atom stereocenters. The van der Waals surface area contributed by atoms with Crippen LogP contribution in [0.3, 0.4) is 0 Å². The molecule has 1 saturated carbocycles. The van der Waals surface area contributed by atoms with Crippen LogP contribution in [0.15, 0.2) is 53.3 Å². The van der Waals surface area contributed by atoms with E-state index in [2.05, 4.69) is 25.6 Å². The fourth-order valence-electron chi connectivity index (χ4n) is 3.51. The molecule has 2 N–H and O–H groups in total. The van der Waals surface area contributed by atoms with E-state index in [-0.39, 0.29) is 17.9 Å². The number of benzene rings is 2. The van der Waals surface area contributed by atoms with Gasteiger partial charge >= 0.3 is 0 Å². The third-order valence-electron chi connectivity index (χ3n) is 5.25. The largest absolute Gasteiger partial charge is 0.326 e. The van der Waals surface area contributed by atoms with Gasteiger partial charge in [-0.3, -0.25) is 14.7 Å². The maximum Gasteiger partial charge on any atom is 0.274 e. The smallest absolute Gasteiger partial charge is 0.274 e. The van der Waals surface area contributed by atoms with Crippen LogP contribution in [0.1, 0.15) is 30.3 Å². The number of nitrogens with zero attached hydrogens (tertiary/aromatic N) is 4. The summed E-state index contributed by atoms with van der Waals surface area (Å²) < 4.78 is 1.27. The second-order valence-electron chi connectivity index (χ2n) is 7.54. The van der Waals surface area contributed by atoms with E-state index >= 15 is 0 Å². The zero-order valence-electron chi connectivity index (χ0n) is 16.4. The number of amides is 1. The molecule has 0 unspecified atom stereocenters. The quantitative estimate of drug-likeness (QED) is 0.536. The maximum absolute atomic E-state index is 12.6. The Balaban J connectivity index is 1.31. The Morgan fingerprint density at radius 2 is 1.87 bits per heavy atom. The number of carbonyl (C=O) groups is 1. The number of hydrogen-bond acceptors (Lipinski definition) is 5. The van der Waals surface area contributed by atoms with E-state index in [4.69, 9.17) is 0 Å². The van der Waals surface area contributed by atoms with Gasteiger partial charge in [0.05, 0.1) is 17.5 Å². The first-order chi connectivity index (χ1) is 14.6. The molecule has 0 saturated heterocycles. The van der Waals surface area contributed by atoms with Gasteiger partial charge in [-0.25, -0.2) is 9.67 Å². The van der Waals surface area contributed by atoms with Crippen LogP contribution in [-0.2, 0) is 18.3 Å². The van der Waals surface area contributed by atoms with E-state index in [1.165, 1.54) is 17.5 Å². The van der Waals surface area contributed by atoms with Gasteiger partial charge in [-0.05, 0) is 43.2 Å². The molecule has 2 aromatic carbocycles.